The highest BCUT2D eigenvalue weighted by atomic mass is 19.1. The van der Waals surface area contributed by atoms with Crippen LogP contribution in [0.25, 0.3) is 17.2 Å². The van der Waals surface area contributed by atoms with Crippen LogP contribution < -0.4 is 10.1 Å². The number of carbonyl (C=O) groups excluding carboxylic acids is 2. The number of ketones is 1. The Bertz CT molecular complexity index is 1650. The van der Waals surface area contributed by atoms with Crippen LogP contribution in [0.15, 0.2) is 36.5 Å². The third-order valence-corrected chi connectivity index (χ3v) is 7.00. The molecule has 0 radical (unpaired) electrons. The minimum atomic E-state index is -1.06. The predicted molar refractivity (Wildman–Crippen MR) is 143 cm³/mol. The first kappa shape index (κ1) is 27.3. The van der Waals surface area contributed by atoms with Crippen LogP contribution in [-0.2, 0) is 16.8 Å². The number of nitrogens with one attached hydrogen (secondary N) is 1. The number of rotatable bonds is 8. The molecule has 0 fully saturated rings. The van der Waals surface area contributed by atoms with Crippen molar-refractivity contribution < 1.29 is 28.2 Å². The lowest BCUT2D eigenvalue weighted by atomic mass is 9.84. The highest BCUT2D eigenvalue weighted by Gasteiger charge is 2.44. The first-order chi connectivity index (χ1) is 18.8. The summed E-state index contributed by atoms with van der Waals surface area (Å²) >= 11 is 0. The fraction of sp³-hybridized carbons (Fsp3) is 0.345. The molecule has 4 heterocycles. The van der Waals surface area contributed by atoms with E-state index in [1.807, 2.05) is 0 Å². The third kappa shape index (κ3) is 4.81. The van der Waals surface area contributed by atoms with E-state index in [2.05, 4.69) is 20.3 Å². The first-order valence-electron chi connectivity index (χ1n) is 12.8. The van der Waals surface area contributed by atoms with E-state index in [9.17, 15) is 23.5 Å². The Hall–Kier alpha value is -4.25. The van der Waals surface area contributed by atoms with Gasteiger partial charge in [-0.1, -0.05) is 6.07 Å². The normalized spacial score (nSPS) is 14.3. The zero-order valence-electron chi connectivity index (χ0n) is 22.8. The number of Topliss-reactive ketones (excluding diaryl/α,β-unsaturated/α-hetero) is 1. The van der Waals surface area contributed by atoms with Crippen LogP contribution in [0.5, 0.6) is 5.75 Å². The molecule has 1 amide bonds. The lowest BCUT2D eigenvalue weighted by Gasteiger charge is -2.19. The Morgan fingerprint density at radius 2 is 1.82 bits per heavy atom. The van der Waals surface area contributed by atoms with E-state index in [0.29, 0.717) is 22.6 Å². The first-order valence-corrected chi connectivity index (χ1v) is 12.8. The molecule has 0 saturated heterocycles. The topological polar surface area (TPSA) is 119 Å². The monoisotopic (exact) mass is 549 g/mol. The number of fused-ring (bicyclic) bond motifs is 2. The van der Waals surface area contributed by atoms with Crippen LogP contribution in [0.4, 0.5) is 14.6 Å². The molecule has 5 rings (SSSR count). The standard InChI is InChI=1S/C29H29F2N5O4/c1-15-23(36-13-7-10-20(26(36)32-15)40-14-16-17(30)8-6-9-18(16)31)25-33-22(19(37)11-12-28(2,3)39)21-24(34-25)35-27(38)29(21,4)5/h6-10,13,39H,11-12,14H2,1-5H3,(H,33,34,35,38). The molecular formula is C29H29F2N5O4. The average Bonchev–Trinajstić information content (AvgIpc) is 3.33. The largest absolute Gasteiger partial charge is 0.485 e. The number of aromatic nitrogens is 4. The maximum atomic E-state index is 14.1. The molecular weight excluding hydrogens is 520 g/mol. The number of nitrogens with zero attached hydrogens (tertiary/aromatic N) is 4. The number of aliphatic hydroxyl groups is 1. The SMILES string of the molecule is Cc1nc2c(OCc3c(F)cccc3F)cccn2c1-c1nc2c(c(C(=O)CCC(C)(C)O)n1)C(C)(C)C(=O)N2. The highest BCUT2D eigenvalue weighted by Crippen LogP contribution is 2.40. The Morgan fingerprint density at radius 1 is 1.12 bits per heavy atom. The summed E-state index contributed by atoms with van der Waals surface area (Å²) in [5.41, 5.74) is -0.474. The Labute approximate surface area is 229 Å². The number of anilines is 1. The fourth-order valence-electron chi connectivity index (χ4n) is 4.72. The zero-order valence-corrected chi connectivity index (χ0v) is 22.8. The lowest BCUT2D eigenvalue weighted by Crippen LogP contribution is -2.29. The second-order valence-corrected chi connectivity index (χ2v) is 11.0. The number of imidazole rings is 1. The van der Waals surface area contributed by atoms with Gasteiger partial charge in [-0.3, -0.25) is 14.0 Å². The number of hydrogen-bond donors (Lipinski definition) is 2. The number of aryl methyl sites for hydroxylation is 1. The van der Waals surface area contributed by atoms with Crippen LogP contribution >= 0.6 is 0 Å². The van der Waals surface area contributed by atoms with Crippen molar-refractivity contribution in [1.82, 2.24) is 19.4 Å². The van der Waals surface area contributed by atoms with Crippen LogP contribution in [-0.4, -0.2) is 41.8 Å². The van der Waals surface area contributed by atoms with E-state index in [1.165, 1.54) is 6.07 Å². The van der Waals surface area contributed by atoms with Crippen LogP contribution in [0, 0.1) is 18.6 Å². The van der Waals surface area contributed by atoms with Gasteiger partial charge in [0.25, 0.3) is 0 Å². The molecule has 0 atom stereocenters. The molecule has 0 bridgehead atoms. The van der Waals surface area contributed by atoms with E-state index >= 15 is 0 Å². The molecule has 1 aromatic carbocycles. The number of ether oxygens (including phenoxy) is 1. The summed E-state index contributed by atoms with van der Waals surface area (Å²) in [6.07, 6.45) is 1.93. The van der Waals surface area contributed by atoms with Crippen molar-refractivity contribution in [2.45, 2.75) is 65.1 Å². The van der Waals surface area contributed by atoms with Gasteiger partial charge in [-0.15, -0.1) is 0 Å². The van der Waals surface area contributed by atoms with Crippen molar-refractivity contribution in [1.29, 1.82) is 0 Å². The summed E-state index contributed by atoms with van der Waals surface area (Å²) in [4.78, 5) is 40.0. The molecule has 2 N–H and O–H groups in total. The number of carbonyl (C=O) groups is 2. The van der Waals surface area contributed by atoms with E-state index < -0.39 is 22.7 Å². The van der Waals surface area contributed by atoms with Crippen molar-refractivity contribution >= 4 is 23.2 Å². The molecule has 0 aliphatic carbocycles. The van der Waals surface area contributed by atoms with Gasteiger partial charge in [0.2, 0.25) is 5.91 Å². The molecule has 4 aromatic rings. The number of benzene rings is 1. The van der Waals surface area contributed by atoms with Gasteiger partial charge in [0.15, 0.2) is 23.0 Å². The molecule has 0 unspecified atom stereocenters. The minimum Gasteiger partial charge on any atom is -0.485 e. The number of halogens is 2. The van der Waals surface area contributed by atoms with Crippen LogP contribution in [0.1, 0.15) is 67.8 Å². The van der Waals surface area contributed by atoms with Gasteiger partial charge < -0.3 is 15.2 Å². The van der Waals surface area contributed by atoms with Crippen molar-refractivity contribution in [2.75, 3.05) is 5.32 Å². The zero-order chi connectivity index (χ0) is 29.0. The quantitative estimate of drug-likeness (QED) is 0.300. The highest BCUT2D eigenvalue weighted by molar-refractivity contribution is 6.09. The number of amides is 1. The van der Waals surface area contributed by atoms with Gasteiger partial charge in [-0.05, 0) is 65.3 Å². The molecule has 1 aliphatic heterocycles. The summed E-state index contributed by atoms with van der Waals surface area (Å²) in [6, 6.07) is 6.90. The van der Waals surface area contributed by atoms with Crippen LogP contribution in [0.2, 0.25) is 0 Å². The number of pyridine rings is 1. The summed E-state index contributed by atoms with van der Waals surface area (Å²) in [7, 11) is 0. The summed E-state index contributed by atoms with van der Waals surface area (Å²) in [6.45, 7) is 8.02. The fourth-order valence-corrected chi connectivity index (χ4v) is 4.72. The van der Waals surface area contributed by atoms with Crippen LogP contribution in [0.3, 0.4) is 0 Å². The van der Waals surface area contributed by atoms with E-state index in [4.69, 9.17) is 4.74 Å². The van der Waals surface area contributed by atoms with E-state index in [1.54, 1.807) is 57.3 Å². The molecule has 0 saturated carbocycles. The van der Waals surface area contributed by atoms with Gasteiger partial charge in [0.1, 0.15) is 35.4 Å². The molecule has 9 nitrogen and oxygen atoms in total. The number of hydrogen-bond acceptors (Lipinski definition) is 7. The minimum absolute atomic E-state index is 0.0212. The van der Waals surface area contributed by atoms with E-state index in [-0.39, 0.29) is 59.8 Å². The molecule has 1 aliphatic rings. The smallest absolute Gasteiger partial charge is 0.235 e. The van der Waals surface area contributed by atoms with Crippen molar-refractivity contribution in [3.05, 3.63) is 70.7 Å². The Kier molecular flexibility index (Phi) is 6.65. The van der Waals surface area contributed by atoms with Crippen molar-refractivity contribution in [2.24, 2.45) is 0 Å². The Balaban J connectivity index is 1.59. The van der Waals surface area contributed by atoms with Gasteiger partial charge >= 0.3 is 0 Å². The predicted octanol–water partition coefficient (Wildman–Crippen LogP) is 4.92. The van der Waals surface area contributed by atoms with Crippen molar-refractivity contribution in [3.8, 4) is 17.3 Å². The summed E-state index contributed by atoms with van der Waals surface area (Å²) in [5, 5.41) is 12.9. The molecule has 3 aromatic heterocycles. The van der Waals surface area contributed by atoms with Gasteiger partial charge in [-0.2, -0.15) is 0 Å². The Morgan fingerprint density at radius 3 is 2.50 bits per heavy atom. The lowest BCUT2D eigenvalue weighted by molar-refractivity contribution is -0.119. The third-order valence-electron chi connectivity index (χ3n) is 7.00. The van der Waals surface area contributed by atoms with E-state index in [0.717, 1.165) is 12.1 Å². The second kappa shape index (κ2) is 9.74. The van der Waals surface area contributed by atoms with Crippen molar-refractivity contribution in [3.63, 3.8) is 0 Å². The average molecular weight is 550 g/mol. The molecule has 208 valence electrons. The van der Waals surface area contributed by atoms with Gasteiger partial charge in [0, 0.05) is 18.2 Å². The van der Waals surface area contributed by atoms with Gasteiger partial charge in [-0.25, -0.2) is 23.7 Å². The molecule has 0 spiro atoms. The molecule has 40 heavy (non-hydrogen) atoms. The summed E-state index contributed by atoms with van der Waals surface area (Å²) in [5.74, 6) is -1.40. The summed E-state index contributed by atoms with van der Waals surface area (Å²) < 4.78 is 35.7. The second-order valence-electron chi connectivity index (χ2n) is 11.0. The maximum absolute atomic E-state index is 14.1. The van der Waals surface area contributed by atoms with Gasteiger partial charge in [0.05, 0.1) is 22.3 Å². The molecule has 11 heteroatoms. The maximum Gasteiger partial charge on any atom is 0.235 e.